The van der Waals surface area contributed by atoms with Crippen LogP contribution in [0.5, 0.6) is 17.2 Å². The highest BCUT2D eigenvalue weighted by Crippen LogP contribution is 2.34. The van der Waals surface area contributed by atoms with Crippen molar-refractivity contribution < 1.29 is 22.6 Å². The fraction of sp³-hybridized carbons (Fsp3) is 0.136. The Morgan fingerprint density at radius 1 is 0.839 bits per heavy atom. The van der Waals surface area contributed by atoms with Crippen molar-refractivity contribution in [2.45, 2.75) is 4.90 Å². The number of benzene rings is 3. The molecule has 1 aromatic heterocycles. The highest BCUT2D eigenvalue weighted by Gasteiger charge is 2.21. The SMILES string of the molecule is COc1ccc(OC)c(S(=O)(=O)Nc2ccc(-c3nc4ccc(OC)cc4s3)cc2)c1. The average molecular weight is 457 g/mol. The van der Waals surface area contributed by atoms with E-state index in [0.29, 0.717) is 11.4 Å². The Kier molecular flexibility index (Phi) is 5.71. The molecular formula is C22H20N2O5S2. The van der Waals surface area contributed by atoms with Crippen LogP contribution in [-0.2, 0) is 10.0 Å². The van der Waals surface area contributed by atoms with Gasteiger partial charge in [-0.25, -0.2) is 13.4 Å². The molecule has 0 unspecified atom stereocenters. The van der Waals surface area contributed by atoms with Crippen LogP contribution in [0, 0.1) is 0 Å². The van der Waals surface area contributed by atoms with Crippen molar-refractivity contribution in [3.8, 4) is 27.8 Å². The van der Waals surface area contributed by atoms with Crippen LogP contribution < -0.4 is 18.9 Å². The largest absolute Gasteiger partial charge is 0.497 e. The van der Waals surface area contributed by atoms with E-state index in [9.17, 15) is 8.42 Å². The lowest BCUT2D eigenvalue weighted by Crippen LogP contribution is -2.14. The van der Waals surface area contributed by atoms with E-state index < -0.39 is 10.0 Å². The number of methoxy groups -OCH3 is 3. The van der Waals surface area contributed by atoms with Gasteiger partial charge in [0, 0.05) is 17.3 Å². The molecule has 0 radical (unpaired) electrons. The molecule has 31 heavy (non-hydrogen) atoms. The summed E-state index contributed by atoms with van der Waals surface area (Å²) in [6, 6.07) is 17.4. The Balaban J connectivity index is 1.60. The van der Waals surface area contributed by atoms with Crippen LogP contribution in [0.3, 0.4) is 0 Å². The van der Waals surface area contributed by atoms with Crippen molar-refractivity contribution in [3.63, 3.8) is 0 Å². The van der Waals surface area contributed by atoms with Gasteiger partial charge in [-0.05, 0) is 54.6 Å². The molecule has 7 nitrogen and oxygen atoms in total. The van der Waals surface area contributed by atoms with Crippen LogP contribution in [0.15, 0.2) is 65.6 Å². The Labute approximate surface area is 184 Å². The normalized spacial score (nSPS) is 11.3. The minimum atomic E-state index is -3.88. The van der Waals surface area contributed by atoms with E-state index in [-0.39, 0.29) is 10.6 Å². The molecule has 1 heterocycles. The monoisotopic (exact) mass is 456 g/mol. The van der Waals surface area contributed by atoms with Crippen LogP contribution in [0.1, 0.15) is 0 Å². The van der Waals surface area contributed by atoms with Gasteiger partial charge in [0.05, 0.1) is 31.5 Å². The Hall–Kier alpha value is -3.30. The number of aromatic nitrogens is 1. The van der Waals surface area contributed by atoms with E-state index in [4.69, 9.17) is 14.2 Å². The minimum absolute atomic E-state index is 0.00135. The van der Waals surface area contributed by atoms with E-state index in [1.807, 2.05) is 30.3 Å². The minimum Gasteiger partial charge on any atom is -0.497 e. The molecule has 1 N–H and O–H groups in total. The summed E-state index contributed by atoms with van der Waals surface area (Å²) in [5.74, 6) is 1.43. The second-order valence-electron chi connectivity index (χ2n) is 6.55. The molecule has 0 atom stereocenters. The lowest BCUT2D eigenvalue weighted by Gasteiger charge is -2.13. The predicted molar refractivity (Wildman–Crippen MR) is 122 cm³/mol. The number of hydrogen-bond donors (Lipinski definition) is 1. The number of thiazole rings is 1. The summed E-state index contributed by atoms with van der Waals surface area (Å²) in [7, 11) is 0.647. The maximum atomic E-state index is 12.9. The topological polar surface area (TPSA) is 86.8 Å². The zero-order valence-electron chi connectivity index (χ0n) is 17.1. The van der Waals surface area contributed by atoms with Crippen molar-refractivity contribution in [1.82, 2.24) is 4.98 Å². The average Bonchev–Trinajstić information content (AvgIpc) is 3.22. The molecule has 0 saturated heterocycles. The molecule has 0 aliphatic carbocycles. The van der Waals surface area contributed by atoms with Crippen molar-refractivity contribution in [2.24, 2.45) is 0 Å². The van der Waals surface area contributed by atoms with Gasteiger partial charge in [0.2, 0.25) is 0 Å². The van der Waals surface area contributed by atoms with Gasteiger partial charge in [-0.15, -0.1) is 11.3 Å². The number of nitrogens with one attached hydrogen (secondary N) is 1. The standard InChI is InChI=1S/C22H20N2O5S2/c1-27-16-8-10-18-20(12-16)30-22(23-18)14-4-6-15(7-5-14)24-31(25,26)21-13-17(28-2)9-11-19(21)29-3/h4-13,24H,1-3H3. The van der Waals surface area contributed by atoms with Crippen molar-refractivity contribution in [3.05, 3.63) is 60.7 Å². The number of anilines is 1. The molecule has 9 heteroatoms. The third-order valence-corrected chi connectivity index (χ3v) is 7.11. The Bertz CT molecular complexity index is 1330. The smallest absolute Gasteiger partial charge is 0.265 e. The number of sulfonamides is 1. The molecule has 4 aromatic rings. The second kappa shape index (κ2) is 8.44. The summed E-state index contributed by atoms with van der Waals surface area (Å²) in [6.07, 6.45) is 0. The van der Waals surface area contributed by atoms with Crippen molar-refractivity contribution in [2.75, 3.05) is 26.1 Å². The highest BCUT2D eigenvalue weighted by atomic mass is 32.2. The summed E-state index contributed by atoms with van der Waals surface area (Å²) in [5, 5.41) is 0.840. The van der Waals surface area contributed by atoms with Gasteiger partial charge in [-0.2, -0.15) is 0 Å². The van der Waals surface area contributed by atoms with E-state index in [1.165, 1.54) is 20.3 Å². The van der Waals surface area contributed by atoms with Gasteiger partial charge in [0.15, 0.2) is 0 Å². The number of fused-ring (bicyclic) bond motifs is 1. The predicted octanol–water partition coefficient (Wildman–Crippen LogP) is 4.79. The van der Waals surface area contributed by atoms with E-state index in [0.717, 1.165) is 26.5 Å². The zero-order valence-corrected chi connectivity index (χ0v) is 18.7. The van der Waals surface area contributed by atoms with Gasteiger partial charge in [0.25, 0.3) is 10.0 Å². The molecule has 0 amide bonds. The molecule has 3 aromatic carbocycles. The van der Waals surface area contributed by atoms with Crippen LogP contribution >= 0.6 is 11.3 Å². The molecule has 0 aliphatic heterocycles. The van der Waals surface area contributed by atoms with Crippen molar-refractivity contribution in [1.29, 1.82) is 0 Å². The van der Waals surface area contributed by atoms with Gasteiger partial charge < -0.3 is 14.2 Å². The van der Waals surface area contributed by atoms with Gasteiger partial charge in [-0.3, -0.25) is 4.72 Å². The summed E-state index contributed by atoms with van der Waals surface area (Å²) in [5.41, 5.74) is 2.20. The number of ether oxygens (including phenoxy) is 3. The first-order chi connectivity index (χ1) is 14.9. The lowest BCUT2D eigenvalue weighted by molar-refractivity contribution is 0.392. The molecule has 4 rings (SSSR count). The quantitative estimate of drug-likeness (QED) is 0.430. The first-order valence-corrected chi connectivity index (χ1v) is 11.5. The summed E-state index contributed by atoms with van der Waals surface area (Å²) >= 11 is 1.54. The molecular weight excluding hydrogens is 436 g/mol. The second-order valence-corrected chi connectivity index (χ2v) is 9.23. The maximum absolute atomic E-state index is 12.9. The highest BCUT2D eigenvalue weighted by molar-refractivity contribution is 7.92. The van der Waals surface area contributed by atoms with Gasteiger partial charge >= 0.3 is 0 Å². The van der Waals surface area contributed by atoms with Crippen molar-refractivity contribution >= 4 is 37.3 Å². The van der Waals surface area contributed by atoms with E-state index in [1.54, 1.807) is 42.7 Å². The lowest BCUT2D eigenvalue weighted by atomic mass is 10.2. The summed E-state index contributed by atoms with van der Waals surface area (Å²) < 4.78 is 45.0. The summed E-state index contributed by atoms with van der Waals surface area (Å²) in [6.45, 7) is 0. The zero-order chi connectivity index (χ0) is 22.0. The third-order valence-electron chi connectivity index (χ3n) is 4.64. The maximum Gasteiger partial charge on any atom is 0.265 e. The molecule has 0 bridgehead atoms. The first kappa shape index (κ1) is 21.0. The van der Waals surface area contributed by atoms with Gasteiger partial charge in [-0.1, -0.05) is 0 Å². The number of nitrogens with zero attached hydrogens (tertiary/aromatic N) is 1. The Morgan fingerprint density at radius 3 is 2.19 bits per heavy atom. The molecule has 0 fully saturated rings. The number of hydrogen-bond acceptors (Lipinski definition) is 7. The van der Waals surface area contributed by atoms with Crippen LogP contribution in [0.25, 0.3) is 20.8 Å². The first-order valence-electron chi connectivity index (χ1n) is 9.23. The molecule has 0 spiro atoms. The fourth-order valence-corrected chi connectivity index (χ4v) is 5.28. The molecule has 0 saturated carbocycles. The molecule has 0 aliphatic rings. The number of rotatable bonds is 7. The summed E-state index contributed by atoms with van der Waals surface area (Å²) in [4.78, 5) is 4.64. The van der Waals surface area contributed by atoms with Gasteiger partial charge in [0.1, 0.15) is 27.2 Å². The fourth-order valence-electron chi connectivity index (χ4n) is 3.04. The van der Waals surface area contributed by atoms with E-state index in [2.05, 4.69) is 9.71 Å². The van der Waals surface area contributed by atoms with Crippen LogP contribution in [0.4, 0.5) is 5.69 Å². The third kappa shape index (κ3) is 4.28. The van der Waals surface area contributed by atoms with E-state index >= 15 is 0 Å². The molecule has 160 valence electrons. The van der Waals surface area contributed by atoms with Crippen LogP contribution in [0.2, 0.25) is 0 Å². The van der Waals surface area contributed by atoms with Crippen LogP contribution in [-0.4, -0.2) is 34.7 Å². The Morgan fingerprint density at radius 2 is 1.52 bits per heavy atom.